The molecule has 0 saturated carbocycles. The van der Waals surface area contributed by atoms with E-state index >= 15 is 0 Å². The number of esters is 1. The van der Waals surface area contributed by atoms with E-state index in [2.05, 4.69) is 10.2 Å². The van der Waals surface area contributed by atoms with Crippen LogP contribution in [0, 0.1) is 0 Å². The zero-order chi connectivity index (χ0) is 18.0. The summed E-state index contributed by atoms with van der Waals surface area (Å²) in [7, 11) is 1.30. The molecular formula is C18H13ClN2O4. The molecule has 1 heterocycles. The average molecular weight is 357 g/mol. The molecule has 6 nitrogen and oxygen atoms in total. The summed E-state index contributed by atoms with van der Waals surface area (Å²) in [6.07, 6.45) is 1.46. The van der Waals surface area contributed by atoms with Crippen molar-refractivity contribution in [3.05, 3.63) is 70.3 Å². The van der Waals surface area contributed by atoms with E-state index < -0.39 is 17.8 Å². The smallest absolute Gasteiger partial charge is 0.337 e. The van der Waals surface area contributed by atoms with Crippen molar-refractivity contribution in [1.82, 2.24) is 5.43 Å². The van der Waals surface area contributed by atoms with Gasteiger partial charge in [0.1, 0.15) is 5.57 Å². The van der Waals surface area contributed by atoms with Crippen molar-refractivity contribution in [1.29, 1.82) is 0 Å². The van der Waals surface area contributed by atoms with Crippen molar-refractivity contribution in [2.45, 2.75) is 0 Å². The zero-order valence-electron chi connectivity index (χ0n) is 13.2. The first-order valence-electron chi connectivity index (χ1n) is 7.30. The van der Waals surface area contributed by atoms with Crippen LogP contribution in [0.5, 0.6) is 0 Å². The SMILES string of the molecule is COC(=O)c1ccc(/C=C2/C(=O)NN(c3cccc(Cl)c3)C2=O)cc1. The van der Waals surface area contributed by atoms with Gasteiger partial charge in [-0.2, -0.15) is 0 Å². The fourth-order valence-corrected chi connectivity index (χ4v) is 2.54. The standard InChI is InChI=1S/C18H13ClN2O4/c1-25-18(24)12-7-5-11(6-8-12)9-15-16(22)20-21(17(15)23)14-4-2-3-13(19)10-14/h2-10H,1H3,(H,20,22)/b15-9-. The van der Waals surface area contributed by atoms with Crippen molar-refractivity contribution in [3.63, 3.8) is 0 Å². The van der Waals surface area contributed by atoms with E-state index in [0.717, 1.165) is 5.01 Å². The van der Waals surface area contributed by atoms with Gasteiger partial charge in [0.05, 0.1) is 18.4 Å². The lowest BCUT2D eigenvalue weighted by Gasteiger charge is -2.14. The van der Waals surface area contributed by atoms with Gasteiger partial charge < -0.3 is 4.74 Å². The number of hydrazine groups is 1. The Morgan fingerprint density at radius 1 is 1.16 bits per heavy atom. The van der Waals surface area contributed by atoms with E-state index in [1.807, 2.05) is 0 Å². The molecule has 2 aromatic rings. The molecule has 0 atom stereocenters. The summed E-state index contributed by atoms with van der Waals surface area (Å²) in [6.45, 7) is 0. The maximum Gasteiger partial charge on any atom is 0.337 e. The number of nitrogens with one attached hydrogen (secondary N) is 1. The highest BCUT2D eigenvalue weighted by Crippen LogP contribution is 2.24. The Hall–Kier alpha value is -3.12. The molecule has 25 heavy (non-hydrogen) atoms. The fraction of sp³-hybridized carbons (Fsp3) is 0.0556. The average Bonchev–Trinajstić information content (AvgIpc) is 2.90. The number of carbonyl (C=O) groups excluding carboxylic acids is 3. The largest absolute Gasteiger partial charge is 0.465 e. The summed E-state index contributed by atoms with van der Waals surface area (Å²) < 4.78 is 4.63. The van der Waals surface area contributed by atoms with Gasteiger partial charge in [0.25, 0.3) is 11.8 Å². The number of methoxy groups -OCH3 is 1. The third kappa shape index (κ3) is 3.39. The van der Waals surface area contributed by atoms with E-state index in [4.69, 9.17) is 11.6 Å². The van der Waals surface area contributed by atoms with Crippen molar-refractivity contribution in [2.75, 3.05) is 12.1 Å². The number of carbonyl (C=O) groups is 3. The summed E-state index contributed by atoms with van der Waals surface area (Å²) in [5, 5.41) is 1.60. The maximum absolute atomic E-state index is 12.5. The van der Waals surface area contributed by atoms with E-state index in [9.17, 15) is 14.4 Å². The number of nitrogens with zero attached hydrogens (tertiary/aromatic N) is 1. The molecule has 3 rings (SSSR count). The molecule has 0 aliphatic carbocycles. The molecule has 0 radical (unpaired) electrons. The van der Waals surface area contributed by atoms with Gasteiger partial charge >= 0.3 is 5.97 Å². The second-order valence-electron chi connectivity index (χ2n) is 5.23. The minimum absolute atomic E-state index is 0.00852. The number of ether oxygens (including phenoxy) is 1. The van der Waals surface area contributed by atoms with E-state index in [-0.39, 0.29) is 5.57 Å². The van der Waals surface area contributed by atoms with Crippen LogP contribution in [0.1, 0.15) is 15.9 Å². The van der Waals surface area contributed by atoms with Gasteiger partial charge in [-0.25, -0.2) is 9.80 Å². The Labute approximate surface area is 148 Å². The molecule has 126 valence electrons. The Morgan fingerprint density at radius 3 is 2.52 bits per heavy atom. The predicted molar refractivity (Wildman–Crippen MR) is 92.8 cm³/mol. The van der Waals surface area contributed by atoms with Crippen molar-refractivity contribution >= 4 is 41.1 Å². The first kappa shape index (κ1) is 16.7. The lowest BCUT2D eigenvalue weighted by molar-refractivity contribution is -0.117. The second-order valence-corrected chi connectivity index (χ2v) is 5.67. The number of halogens is 1. The topological polar surface area (TPSA) is 75.7 Å². The highest BCUT2D eigenvalue weighted by atomic mass is 35.5. The molecule has 0 bridgehead atoms. The molecule has 2 amide bonds. The molecule has 0 spiro atoms. The number of hydrogen-bond donors (Lipinski definition) is 1. The molecule has 1 aliphatic heterocycles. The minimum atomic E-state index is -0.512. The second kappa shape index (κ2) is 6.78. The van der Waals surface area contributed by atoms with Crippen LogP contribution in [0.15, 0.2) is 54.1 Å². The summed E-state index contributed by atoms with van der Waals surface area (Å²) >= 11 is 5.92. The molecule has 0 unspecified atom stereocenters. The number of anilines is 1. The monoisotopic (exact) mass is 356 g/mol. The molecule has 1 fully saturated rings. The molecule has 7 heteroatoms. The van der Waals surface area contributed by atoms with Crippen molar-refractivity contribution in [3.8, 4) is 0 Å². The van der Waals surface area contributed by atoms with Crippen LogP contribution in [-0.4, -0.2) is 24.9 Å². The summed E-state index contributed by atoms with van der Waals surface area (Å²) in [4.78, 5) is 36.1. The maximum atomic E-state index is 12.5. The van der Waals surface area contributed by atoms with Gasteiger partial charge in [-0.05, 0) is 42.0 Å². The van der Waals surface area contributed by atoms with Gasteiger partial charge in [0.2, 0.25) is 0 Å². The molecule has 1 N–H and O–H groups in total. The summed E-state index contributed by atoms with van der Waals surface area (Å²) in [5.74, 6) is -1.45. The van der Waals surface area contributed by atoms with Crippen LogP contribution >= 0.6 is 11.6 Å². The summed E-state index contributed by atoms with van der Waals surface area (Å²) in [6, 6.07) is 13.0. The first-order chi connectivity index (χ1) is 12.0. The van der Waals surface area contributed by atoms with Crippen LogP contribution in [0.3, 0.4) is 0 Å². The third-order valence-electron chi connectivity index (χ3n) is 3.60. The van der Waals surface area contributed by atoms with Gasteiger partial charge in [-0.15, -0.1) is 0 Å². The molecule has 1 saturated heterocycles. The first-order valence-corrected chi connectivity index (χ1v) is 7.68. The lowest BCUT2D eigenvalue weighted by Crippen LogP contribution is -2.35. The van der Waals surface area contributed by atoms with Crippen LogP contribution in [0.4, 0.5) is 5.69 Å². The van der Waals surface area contributed by atoms with Crippen molar-refractivity contribution < 1.29 is 19.1 Å². The minimum Gasteiger partial charge on any atom is -0.465 e. The Balaban J connectivity index is 1.87. The fourth-order valence-electron chi connectivity index (χ4n) is 2.35. The number of rotatable bonds is 3. The highest BCUT2D eigenvalue weighted by molar-refractivity contribution is 6.33. The van der Waals surface area contributed by atoms with E-state index in [1.54, 1.807) is 48.5 Å². The van der Waals surface area contributed by atoms with E-state index in [0.29, 0.717) is 21.8 Å². The highest BCUT2D eigenvalue weighted by Gasteiger charge is 2.34. The number of amides is 2. The zero-order valence-corrected chi connectivity index (χ0v) is 13.9. The predicted octanol–water partition coefficient (Wildman–Crippen LogP) is 2.59. The number of hydrogen-bond acceptors (Lipinski definition) is 4. The third-order valence-corrected chi connectivity index (χ3v) is 3.84. The quantitative estimate of drug-likeness (QED) is 0.521. The van der Waals surface area contributed by atoms with Crippen LogP contribution in [0.25, 0.3) is 6.08 Å². The van der Waals surface area contributed by atoms with Gasteiger partial charge in [0, 0.05) is 5.02 Å². The van der Waals surface area contributed by atoms with Crippen LogP contribution in [0.2, 0.25) is 5.02 Å². The normalized spacial score (nSPS) is 15.4. The molecular weight excluding hydrogens is 344 g/mol. The Morgan fingerprint density at radius 2 is 1.88 bits per heavy atom. The molecule has 1 aliphatic rings. The summed E-state index contributed by atoms with van der Waals surface area (Å²) in [5.41, 5.74) is 3.95. The number of benzene rings is 2. The Bertz CT molecular complexity index is 890. The molecule has 2 aromatic carbocycles. The molecule has 0 aromatic heterocycles. The van der Waals surface area contributed by atoms with Gasteiger partial charge in [-0.3, -0.25) is 15.0 Å². The van der Waals surface area contributed by atoms with E-state index in [1.165, 1.54) is 13.2 Å². The Kier molecular flexibility index (Phi) is 4.54. The van der Waals surface area contributed by atoms with Crippen LogP contribution in [-0.2, 0) is 14.3 Å². The van der Waals surface area contributed by atoms with Gasteiger partial charge in [0.15, 0.2) is 0 Å². The van der Waals surface area contributed by atoms with Crippen molar-refractivity contribution in [2.24, 2.45) is 0 Å². The van der Waals surface area contributed by atoms with Crippen LogP contribution < -0.4 is 10.4 Å². The van der Waals surface area contributed by atoms with Gasteiger partial charge in [-0.1, -0.05) is 29.8 Å². The lowest BCUT2D eigenvalue weighted by atomic mass is 10.1.